The zero-order valence-electron chi connectivity index (χ0n) is 14.2. The van der Waals surface area contributed by atoms with E-state index in [-0.39, 0.29) is 24.9 Å². The molecule has 2 amide bonds. The minimum Gasteiger partial charge on any atom is -0.497 e. The lowest BCUT2D eigenvalue weighted by Gasteiger charge is -2.06. The van der Waals surface area contributed by atoms with E-state index in [1.807, 2.05) is 24.3 Å². The Hall–Kier alpha value is -3.10. The molecule has 0 unspecified atom stereocenters. The minimum absolute atomic E-state index is 0.0346. The molecule has 1 aromatic carbocycles. The van der Waals surface area contributed by atoms with Crippen molar-refractivity contribution in [1.82, 2.24) is 20.3 Å². The van der Waals surface area contributed by atoms with Crippen molar-refractivity contribution in [1.29, 1.82) is 0 Å². The van der Waals surface area contributed by atoms with Crippen molar-refractivity contribution in [2.45, 2.75) is 19.9 Å². The van der Waals surface area contributed by atoms with Gasteiger partial charge >= 0.3 is 6.09 Å². The van der Waals surface area contributed by atoms with Gasteiger partial charge in [0.25, 0.3) is 0 Å². The highest BCUT2D eigenvalue weighted by molar-refractivity contribution is 5.83. The zero-order chi connectivity index (χ0) is 18.1. The Balaban J connectivity index is 1.72. The molecule has 2 rings (SSSR count). The summed E-state index contributed by atoms with van der Waals surface area (Å²) in [6.07, 6.45) is 1.44. The smallest absolute Gasteiger partial charge is 0.412 e. The number of benzene rings is 1. The molecule has 1 heterocycles. The van der Waals surface area contributed by atoms with E-state index in [1.54, 1.807) is 14.0 Å². The first-order valence-electron chi connectivity index (χ1n) is 7.84. The van der Waals surface area contributed by atoms with Crippen LogP contribution in [0.25, 0.3) is 0 Å². The molecule has 2 aromatic rings. The van der Waals surface area contributed by atoms with Gasteiger partial charge in [-0.25, -0.2) is 4.79 Å². The third-order valence-electron chi connectivity index (χ3n) is 3.22. The van der Waals surface area contributed by atoms with E-state index in [2.05, 4.69) is 20.8 Å². The molecule has 9 heteroatoms. The van der Waals surface area contributed by atoms with Gasteiger partial charge in [-0.15, -0.1) is 5.10 Å². The summed E-state index contributed by atoms with van der Waals surface area (Å²) < 4.78 is 9.83. The topological polar surface area (TPSA) is 107 Å². The van der Waals surface area contributed by atoms with E-state index in [1.165, 1.54) is 11.0 Å². The second kappa shape index (κ2) is 9.26. The van der Waals surface area contributed by atoms with E-state index in [0.717, 1.165) is 11.3 Å². The number of rotatable bonds is 8. The normalized spacial score (nSPS) is 10.2. The van der Waals surface area contributed by atoms with E-state index in [9.17, 15) is 9.59 Å². The Morgan fingerprint density at radius 2 is 2.00 bits per heavy atom. The molecule has 2 N–H and O–H groups in total. The van der Waals surface area contributed by atoms with Crippen LogP contribution in [0.3, 0.4) is 0 Å². The number of carbonyl (C=O) groups is 2. The van der Waals surface area contributed by atoms with Crippen LogP contribution in [0.4, 0.5) is 10.6 Å². The van der Waals surface area contributed by atoms with Crippen LogP contribution in [-0.2, 0) is 22.5 Å². The number of hydrogen-bond donors (Lipinski definition) is 2. The van der Waals surface area contributed by atoms with Gasteiger partial charge in [-0.3, -0.25) is 10.1 Å². The van der Waals surface area contributed by atoms with Crippen LogP contribution in [0, 0.1) is 0 Å². The van der Waals surface area contributed by atoms with Crippen molar-refractivity contribution >= 4 is 17.8 Å². The number of anilines is 1. The molecule has 0 aliphatic heterocycles. The number of amides is 2. The Bertz CT molecular complexity index is 699. The average molecular weight is 347 g/mol. The molecule has 0 saturated carbocycles. The maximum atomic E-state index is 11.9. The summed E-state index contributed by atoms with van der Waals surface area (Å²) in [7, 11) is 1.62. The van der Waals surface area contributed by atoms with E-state index < -0.39 is 6.09 Å². The highest BCUT2D eigenvalue weighted by Gasteiger charge is 2.08. The van der Waals surface area contributed by atoms with Gasteiger partial charge in [0.15, 0.2) is 5.82 Å². The number of ether oxygens (including phenoxy) is 2. The predicted octanol–water partition coefficient (Wildman–Crippen LogP) is 1.21. The lowest BCUT2D eigenvalue weighted by Crippen LogP contribution is -2.30. The molecule has 0 aliphatic rings. The molecule has 0 spiro atoms. The maximum absolute atomic E-state index is 11.9. The van der Waals surface area contributed by atoms with Crippen molar-refractivity contribution in [3.63, 3.8) is 0 Å². The Kier molecular flexibility index (Phi) is 6.76. The van der Waals surface area contributed by atoms with Crippen molar-refractivity contribution in [2.24, 2.45) is 0 Å². The van der Waals surface area contributed by atoms with Crippen LogP contribution in [0.2, 0.25) is 0 Å². The lowest BCUT2D eigenvalue weighted by atomic mass is 10.1. The predicted molar refractivity (Wildman–Crippen MR) is 90.4 cm³/mol. The molecule has 0 saturated heterocycles. The number of hydrogen-bond acceptors (Lipinski definition) is 6. The molecular weight excluding hydrogens is 326 g/mol. The van der Waals surface area contributed by atoms with Gasteiger partial charge in [0.2, 0.25) is 5.91 Å². The molecule has 0 bridgehead atoms. The molecule has 0 fully saturated rings. The first kappa shape index (κ1) is 18.2. The fourth-order valence-electron chi connectivity index (χ4n) is 2.03. The van der Waals surface area contributed by atoms with E-state index >= 15 is 0 Å². The average Bonchev–Trinajstić information content (AvgIpc) is 3.02. The van der Waals surface area contributed by atoms with Crippen molar-refractivity contribution in [2.75, 3.05) is 25.6 Å². The molecule has 0 aliphatic carbocycles. The molecular formula is C16H21N5O4. The second-order valence-electron chi connectivity index (χ2n) is 5.05. The molecule has 0 radical (unpaired) electrons. The quantitative estimate of drug-likeness (QED) is 0.743. The van der Waals surface area contributed by atoms with Crippen LogP contribution >= 0.6 is 0 Å². The summed E-state index contributed by atoms with van der Waals surface area (Å²) in [5.74, 6) is 0.807. The van der Waals surface area contributed by atoms with Crippen molar-refractivity contribution in [3.05, 3.63) is 36.0 Å². The van der Waals surface area contributed by atoms with Crippen LogP contribution in [0.15, 0.2) is 30.5 Å². The summed E-state index contributed by atoms with van der Waals surface area (Å²) in [6.45, 7) is 2.43. The van der Waals surface area contributed by atoms with Crippen LogP contribution in [0.1, 0.15) is 12.5 Å². The van der Waals surface area contributed by atoms with Crippen LogP contribution in [0.5, 0.6) is 5.75 Å². The SMILES string of the molecule is CCOC(=O)Nc1cnn(CC(=O)NCCc2ccc(OC)cc2)n1. The van der Waals surface area contributed by atoms with Gasteiger partial charge in [0.05, 0.1) is 19.9 Å². The second-order valence-corrected chi connectivity index (χ2v) is 5.05. The number of aromatic nitrogens is 3. The van der Waals surface area contributed by atoms with Gasteiger partial charge in [0.1, 0.15) is 12.3 Å². The van der Waals surface area contributed by atoms with Gasteiger partial charge in [-0.1, -0.05) is 12.1 Å². The minimum atomic E-state index is -0.613. The van der Waals surface area contributed by atoms with Gasteiger partial charge in [0, 0.05) is 6.54 Å². The third-order valence-corrected chi connectivity index (χ3v) is 3.22. The molecule has 134 valence electrons. The van der Waals surface area contributed by atoms with E-state index in [4.69, 9.17) is 9.47 Å². The summed E-state index contributed by atoms with van der Waals surface area (Å²) in [5, 5.41) is 13.1. The van der Waals surface area contributed by atoms with Gasteiger partial charge < -0.3 is 14.8 Å². The molecule has 1 aromatic heterocycles. The maximum Gasteiger partial charge on any atom is 0.412 e. The summed E-state index contributed by atoms with van der Waals surface area (Å²) in [6, 6.07) is 7.66. The summed E-state index contributed by atoms with van der Waals surface area (Å²) in [4.78, 5) is 24.4. The number of methoxy groups -OCH3 is 1. The number of nitrogens with one attached hydrogen (secondary N) is 2. The molecule has 9 nitrogen and oxygen atoms in total. The highest BCUT2D eigenvalue weighted by Crippen LogP contribution is 2.11. The van der Waals surface area contributed by atoms with Crippen LogP contribution in [-0.4, -0.2) is 47.3 Å². The number of nitrogens with zero attached hydrogens (tertiary/aromatic N) is 3. The Morgan fingerprint density at radius 3 is 2.68 bits per heavy atom. The molecule has 0 atom stereocenters. The fraction of sp³-hybridized carbons (Fsp3) is 0.375. The summed E-state index contributed by atoms with van der Waals surface area (Å²) >= 11 is 0. The van der Waals surface area contributed by atoms with Crippen molar-refractivity contribution < 1.29 is 19.1 Å². The lowest BCUT2D eigenvalue weighted by molar-refractivity contribution is -0.122. The monoisotopic (exact) mass is 347 g/mol. The Labute approximate surface area is 145 Å². The first-order valence-corrected chi connectivity index (χ1v) is 7.84. The third kappa shape index (κ3) is 6.13. The standard InChI is InChI=1S/C16H21N5O4/c1-3-25-16(23)19-14-10-18-21(20-14)11-15(22)17-9-8-12-4-6-13(24-2)7-5-12/h4-7,10H,3,8-9,11H2,1-2H3,(H,17,22)(H,19,20,23). The zero-order valence-corrected chi connectivity index (χ0v) is 14.2. The Morgan fingerprint density at radius 1 is 1.24 bits per heavy atom. The fourth-order valence-corrected chi connectivity index (χ4v) is 2.03. The largest absolute Gasteiger partial charge is 0.497 e. The number of carbonyl (C=O) groups excluding carboxylic acids is 2. The van der Waals surface area contributed by atoms with Crippen LogP contribution < -0.4 is 15.4 Å². The first-order chi connectivity index (χ1) is 12.1. The molecule has 25 heavy (non-hydrogen) atoms. The summed E-state index contributed by atoms with van der Waals surface area (Å²) in [5.41, 5.74) is 1.10. The van der Waals surface area contributed by atoms with Crippen molar-refractivity contribution in [3.8, 4) is 5.75 Å². The van der Waals surface area contributed by atoms with Gasteiger partial charge in [-0.05, 0) is 31.0 Å². The highest BCUT2D eigenvalue weighted by atomic mass is 16.5. The van der Waals surface area contributed by atoms with E-state index in [0.29, 0.717) is 13.0 Å². The van der Waals surface area contributed by atoms with Gasteiger partial charge in [-0.2, -0.15) is 9.90 Å².